The van der Waals surface area contributed by atoms with Crippen LogP contribution < -0.4 is 0 Å². The summed E-state index contributed by atoms with van der Waals surface area (Å²) < 4.78 is 5.89. The Morgan fingerprint density at radius 1 is 0.806 bits per heavy atom. The van der Waals surface area contributed by atoms with E-state index in [1.54, 1.807) is 6.92 Å². The van der Waals surface area contributed by atoms with Gasteiger partial charge in [0.1, 0.15) is 6.10 Å². The maximum absolute atomic E-state index is 12.8. The Bertz CT molecular complexity index is 923. The molecule has 0 aliphatic heterocycles. The Balaban J connectivity index is 1.52. The molecule has 0 saturated heterocycles. The van der Waals surface area contributed by atoms with Crippen molar-refractivity contribution in [2.24, 2.45) is 62.6 Å². The second-order valence-electron chi connectivity index (χ2n) is 15.6. The smallest absolute Gasteiger partial charge is 0.309 e. The third kappa shape index (κ3) is 3.23. The normalized spacial score (nSPS) is 51.5. The van der Waals surface area contributed by atoms with Crippen LogP contribution in [0.5, 0.6) is 0 Å². The third-order valence-electron chi connectivity index (χ3n) is 14.0. The van der Waals surface area contributed by atoms with Gasteiger partial charge in [0.05, 0.1) is 5.41 Å². The number of esters is 1. The van der Waals surface area contributed by atoms with Gasteiger partial charge >= 0.3 is 11.9 Å². The van der Waals surface area contributed by atoms with Crippen molar-refractivity contribution in [1.82, 2.24) is 0 Å². The lowest BCUT2D eigenvalue weighted by Crippen LogP contribution is -2.67. The number of carbonyl (C=O) groups is 2. The maximum atomic E-state index is 12.8. The molecule has 0 radical (unpaired) electrons. The van der Waals surface area contributed by atoms with Crippen LogP contribution in [0.15, 0.2) is 0 Å². The molecule has 0 spiro atoms. The molecule has 1 N–H and O–H groups in total. The van der Waals surface area contributed by atoms with Crippen molar-refractivity contribution in [2.45, 2.75) is 126 Å². The predicted octanol–water partition coefficient (Wildman–Crippen LogP) is 7.74. The van der Waals surface area contributed by atoms with E-state index in [1.807, 2.05) is 0 Å². The minimum absolute atomic E-state index is 0.0144. The minimum Gasteiger partial charge on any atom is -0.481 e. The van der Waals surface area contributed by atoms with Crippen LogP contribution in [0.3, 0.4) is 0 Å². The molecule has 36 heavy (non-hydrogen) atoms. The average Bonchev–Trinajstić information content (AvgIpc) is 3.17. The van der Waals surface area contributed by atoms with Crippen LogP contribution in [0.25, 0.3) is 0 Å². The van der Waals surface area contributed by atoms with Crippen LogP contribution in [0, 0.1) is 62.6 Å². The molecular formula is C32H52O4. The number of fused-ring (bicyclic) bond motifs is 7. The molecule has 0 aromatic rings. The molecule has 0 heterocycles. The molecule has 4 nitrogen and oxygen atoms in total. The first-order valence-electron chi connectivity index (χ1n) is 15.1. The lowest BCUT2D eigenvalue weighted by Gasteiger charge is -2.72. The first kappa shape index (κ1) is 26.5. The van der Waals surface area contributed by atoms with Crippen molar-refractivity contribution >= 4 is 11.9 Å². The largest absolute Gasteiger partial charge is 0.481 e. The van der Waals surface area contributed by atoms with E-state index in [4.69, 9.17) is 4.74 Å². The van der Waals surface area contributed by atoms with Gasteiger partial charge in [-0.15, -0.1) is 0 Å². The summed E-state index contributed by atoms with van der Waals surface area (Å²) in [5.41, 5.74) is 0.169. The van der Waals surface area contributed by atoms with Gasteiger partial charge in [0, 0.05) is 12.3 Å². The van der Waals surface area contributed by atoms with Crippen LogP contribution in [0.1, 0.15) is 120 Å². The van der Waals surface area contributed by atoms with Crippen molar-refractivity contribution in [3.63, 3.8) is 0 Å². The SMILES string of the molecule is CC(=O)OC1CCC2(C)C(CCC3(C)C2CCC2C4[C@H](C(C)C)CCC4(C(=O)O)CC[C@]23C)C1(C)C. The molecule has 204 valence electrons. The van der Waals surface area contributed by atoms with Gasteiger partial charge in [0.25, 0.3) is 0 Å². The van der Waals surface area contributed by atoms with E-state index in [9.17, 15) is 14.7 Å². The fourth-order valence-corrected chi connectivity index (χ4v) is 12.1. The first-order chi connectivity index (χ1) is 16.6. The van der Waals surface area contributed by atoms with E-state index in [2.05, 4.69) is 48.5 Å². The zero-order valence-electron chi connectivity index (χ0n) is 24.3. The molecule has 5 aliphatic rings. The molecule has 0 aromatic heterocycles. The van der Waals surface area contributed by atoms with Crippen molar-refractivity contribution < 1.29 is 19.4 Å². The van der Waals surface area contributed by atoms with E-state index >= 15 is 0 Å². The zero-order valence-corrected chi connectivity index (χ0v) is 24.3. The number of hydrogen-bond donors (Lipinski definition) is 1. The molecule has 0 aromatic carbocycles. The number of ether oxygens (including phenoxy) is 1. The summed E-state index contributed by atoms with van der Waals surface area (Å²) in [5.74, 6) is 2.48. The Kier molecular flexibility index (Phi) is 6.06. The Morgan fingerprint density at radius 3 is 2.11 bits per heavy atom. The lowest BCUT2D eigenvalue weighted by molar-refractivity contribution is -0.251. The van der Waals surface area contributed by atoms with Gasteiger partial charge in [0.15, 0.2) is 0 Å². The van der Waals surface area contributed by atoms with Gasteiger partial charge in [-0.05, 0) is 116 Å². The van der Waals surface area contributed by atoms with Crippen molar-refractivity contribution in [1.29, 1.82) is 0 Å². The average molecular weight is 501 g/mol. The van der Waals surface area contributed by atoms with Gasteiger partial charge in [-0.3, -0.25) is 9.59 Å². The highest BCUT2D eigenvalue weighted by Gasteiger charge is 2.72. The molecular weight excluding hydrogens is 448 g/mol. The highest BCUT2D eigenvalue weighted by molar-refractivity contribution is 5.76. The van der Waals surface area contributed by atoms with Crippen molar-refractivity contribution in [3.05, 3.63) is 0 Å². The summed E-state index contributed by atoms with van der Waals surface area (Å²) >= 11 is 0. The highest BCUT2D eigenvalue weighted by atomic mass is 16.5. The number of carboxylic acid groups (broad SMARTS) is 1. The van der Waals surface area contributed by atoms with Gasteiger partial charge in [-0.1, -0.05) is 48.5 Å². The molecule has 4 heteroatoms. The number of carbonyl (C=O) groups excluding carboxylic acids is 1. The number of aliphatic carboxylic acids is 1. The van der Waals surface area contributed by atoms with Gasteiger partial charge in [-0.25, -0.2) is 0 Å². The molecule has 0 bridgehead atoms. The second-order valence-corrected chi connectivity index (χ2v) is 15.6. The van der Waals surface area contributed by atoms with E-state index in [1.165, 1.54) is 25.7 Å². The van der Waals surface area contributed by atoms with E-state index in [0.717, 1.165) is 38.5 Å². The fourth-order valence-electron chi connectivity index (χ4n) is 12.1. The quantitative estimate of drug-likeness (QED) is 0.403. The van der Waals surface area contributed by atoms with Crippen LogP contribution in [0.4, 0.5) is 0 Å². The van der Waals surface area contributed by atoms with E-state index in [0.29, 0.717) is 35.5 Å². The summed E-state index contributed by atoms with van der Waals surface area (Å²) in [4.78, 5) is 24.7. The molecule has 5 fully saturated rings. The summed E-state index contributed by atoms with van der Waals surface area (Å²) in [6.07, 6.45) is 10.9. The first-order valence-corrected chi connectivity index (χ1v) is 15.1. The van der Waals surface area contributed by atoms with Crippen LogP contribution in [-0.2, 0) is 14.3 Å². The summed E-state index contributed by atoms with van der Waals surface area (Å²) in [6.45, 7) is 18.7. The molecule has 8 unspecified atom stereocenters. The molecule has 0 amide bonds. The summed E-state index contributed by atoms with van der Waals surface area (Å²) in [7, 11) is 0. The Morgan fingerprint density at radius 2 is 1.50 bits per heavy atom. The Hall–Kier alpha value is -1.06. The fraction of sp³-hybridized carbons (Fsp3) is 0.938. The standard InChI is InChI=1S/C32H52O4/c1-19(2)21-11-16-32(27(34)35)18-17-30(7)22(26(21)32)9-10-24-29(6)14-13-25(36-20(3)33)28(4,5)23(29)12-15-31(24,30)8/h19,21-26H,9-18H2,1-8H3,(H,34,35)/t21-,22?,23?,24?,25?,26?,29?,30+,31?,32?/m0/s1. The Labute approximate surface area is 219 Å². The topological polar surface area (TPSA) is 63.6 Å². The van der Waals surface area contributed by atoms with Crippen LogP contribution in [0.2, 0.25) is 0 Å². The maximum Gasteiger partial charge on any atom is 0.309 e. The molecule has 10 atom stereocenters. The number of carboxylic acids is 1. The van der Waals surface area contributed by atoms with Gasteiger partial charge in [-0.2, -0.15) is 0 Å². The van der Waals surface area contributed by atoms with Crippen molar-refractivity contribution in [3.8, 4) is 0 Å². The number of hydrogen-bond acceptors (Lipinski definition) is 3. The highest BCUT2D eigenvalue weighted by Crippen LogP contribution is 2.77. The van der Waals surface area contributed by atoms with Gasteiger partial charge in [0.2, 0.25) is 0 Å². The predicted molar refractivity (Wildman–Crippen MR) is 142 cm³/mol. The monoisotopic (exact) mass is 500 g/mol. The van der Waals surface area contributed by atoms with Crippen LogP contribution in [-0.4, -0.2) is 23.1 Å². The van der Waals surface area contributed by atoms with E-state index in [-0.39, 0.29) is 33.7 Å². The summed E-state index contributed by atoms with van der Waals surface area (Å²) in [6, 6.07) is 0. The van der Waals surface area contributed by atoms with Gasteiger partial charge < -0.3 is 9.84 Å². The third-order valence-corrected chi connectivity index (χ3v) is 14.0. The minimum atomic E-state index is -0.508. The van der Waals surface area contributed by atoms with Crippen LogP contribution >= 0.6 is 0 Å². The molecule has 5 saturated carbocycles. The zero-order chi connectivity index (χ0) is 26.5. The second kappa shape index (κ2) is 8.22. The van der Waals surface area contributed by atoms with E-state index < -0.39 is 11.4 Å². The summed E-state index contributed by atoms with van der Waals surface area (Å²) in [5, 5.41) is 10.6. The van der Waals surface area contributed by atoms with Crippen molar-refractivity contribution in [2.75, 3.05) is 0 Å². The lowest BCUT2D eigenvalue weighted by atomic mass is 9.32. The molecule has 5 rings (SSSR count). The molecule has 5 aliphatic carbocycles. The number of rotatable bonds is 3.